The molecule has 2 rings (SSSR count). The Morgan fingerprint density at radius 2 is 1.80 bits per heavy atom. The molecule has 0 aromatic heterocycles. The molecule has 1 amide bonds. The van der Waals surface area contributed by atoms with E-state index in [1.165, 1.54) is 4.90 Å². The van der Waals surface area contributed by atoms with Gasteiger partial charge < -0.3 is 4.90 Å². The van der Waals surface area contributed by atoms with Crippen LogP contribution < -0.4 is 4.31 Å². The average molecular weight is 446 g/mol. The quantitative estimate of drug-likeness (QED) is 0.683. The van der Waals surface area contributed by atoms with Crippen molar-refractivity contribution in [2.45, 2.75) is 6.54 Å². The van der Waals surface area contributed by atoms with Gasteiger partial charge in [-0.1, -0.05) is 45.7 Å². The minimum absolute atomic E-state index is 0.265. The molecule has 0 bridgehead atoms. The van der Waals surface area contributed by atoms with Crippen LogP contribution in [0.4, 0.5) is 5.69 Å². The minimum atomic E-state index is -3.59. The standard InChI is InChI=1S/C17H18BrClN2O3S/c1-20(11-13-6-8-15(19)9-7-13)17(22)12-21(25(2,23)24)16-5-3-4-14(18)10-16/h3-10H,11-12H2,1-2H3. The van der Waals surface area contributed by atoms with E-state index >= 15 is 0 Å². The first-order valence-corrected chi connectivity index (χ1v) is 10.4. The van der Waals surface area contributed by atoms with E-state index in [0.717, 1.165) is 20.6 Å². The summed E-state index contributed by atoms with van der Waals surface area (Å²) < 4.78 is 26.1. The third-order valence-electron chi connectivity index (χ3n) is 3.53. The summed E-state index contributed by atoms with van der Waals surface area (Å²) in [5.74, 6) is -0.305. The van der Waals surface area contributed by atoms with Gasteiger partial charge >= 0.3 is 0 Å². The van der Waals surface area contributed by atoms with Crippen molar-refractivity contribution < 1.29 is 13.2 Å². The summed E-state index contributed by atoms with van der Waals surface area (Å²) in [7, 11) is -1.96. The van der Waals surface area contributed by atoms with Crippen LogP contribution in [0.1, 0.15) is 5.56 Å². The first-order valence-electron chi connectivity index (χ1n) is 7.38. The van der Waals surface area contributed by atoms with Gasteiger partial charge in [0.25, 0.3) is 0 Å². The number of amides is 1. The van der Waals surface area contributed by atoms with Crippen LogP contribution in [-0.4, -0.2) is 39.1 Å². The van der Waals surface area contributed by atoms with Crippen molar-refractivity contribution in [2.75, 3.05) is 24.2 Å². The number of benzene rings is 2. The van der Waals surface area contributed by atoms with Crippen LogP contribution in [0.25, 0.3) is 0 Å². The van der Waals surface area contributed by atoms with E-state index in [-0.39, 0.29) is 12.5 Å². The van der Waals surface area contributed by atoms with E-state index in [2.05, 4.69) is 15.9 Å². The number of halogens is 2. The predicted molar refractivity (Wildman–Crippen MR) is 104 cm³/mol. The van der Waals surface area contributed by atoms with Gasteiger partial charge in [-0.3, -0.25) is 9.10 Å². The molecule has 0 heterocycles. The van der Waals surface area contributed by atoms with E-state index < -0.39 is 10.0 Å². The van der Waals surface area contributed by atoms with E-state index in [4.69, 9.17) is 11.6 Å². The number of anilines is 1. The Hall–Kier alpha value is -1.57. The van der Waals surface area contributed by atoms with Crippen LogP contribution in [0.3, 0.4) is 0 Å². The third-order valence-corrected chi connectivity index (χ3v) is 5.42. The Kier molecular flexibility index (Phi) is 6.48. The maximum absolute atomic E-state index is 12.5. The fourth-order valence-electron chi connectivity index (χ4n) is 2.23. The molecule has 25 heavy (non-hydrogen) atoms. The summed E-state index contributed by atoms with van der Waals surface area (Å²) in [4.78, 5) is 14.0. The van der Waals surface area contributed by atoms with Crippen molar-refractivity contribution in [1.82, 2.24) is 4.90 Å². The Morgan fingerprint density at radius 1 is 1.16 bits per heavy atom. The van der Waals surface area contributed by atoms with E-state index in [0.29, 0.717) is 17.3 Å². The molecule has 5 nitrogen and oxygen atoms in total. The topological polar surface area (TPSA) is 57.7 Å². The lowest BCUT2D eigenvalue weighted by molar-refractivity contribution is -0.128. The van der Waals surface area contributed by atoms with Gasteiger partial charge in [0.1, 0.15) is 6.54 Å². The highest BCUT2D eigenvalue weighted by Gasteiger charge is 2.23. The molecule has 0 N–H and O–H groups in total. The fourth-order valence-corrected chi connectivity index (χ4v) is 3.58. The highest BCUT2D eigenvalue weighted by molar-refractivity contribution is 9.10. The van der Waals surface area contributed by atoms with Crippen LogP contribution in [0.2, 0.25) is 5.02 Å². The Bertz CT molecular complexity index is 856. The number of carbonyl (C=O) groups excluding carboxylic acids is 1. The van der Waals surface area contributed by atoms with Crippen molar-refractivity contribution in [2.24, 2.45) is 0 Å². The largest absolute Gasteiger partial charge is 0.340 e. The molecule has 134 valence electrons. The van der Waals surface area contributed by atoms with Gasteiger partial charge in [-0.2, -0.15) is 0 Å². The average Bonchev–Trinajstić information content (AvgIpc) is 2.53. The lowest BCUT2D eigenvalue weighted by Crippen LogP contribution is -2.41. The first kappa shape index (κ1) is 19.8. The monoisotopic (exact) mass is 444 g/mol. The molecule has 8 heteroatoms. The first-order chi connectivity index (χ1) is 11.7. The zero-order valence-electron chi connectivity index (χ0n) is 13.8. The minimum Gasteiger partial charge on any atom is -0.340 e. The summed E-state index contributed by atoms with van der Waals surface area (Å²) in [5, 5.41) is 0.621. The van der Waals surface area contributed by atoms with Gasteiger partial charge in [0, 0.05) is 23.1 Å². The van der Waals surface area contributed by atoms with Gasteiger partial charge in [-0.15, -0.1) is 0 Å². The van der Waals surface area contributed by atoms with Crippen molar-refractivity contribution in [3.8, 4) is 0 Å². The van der Waals surface area contributed by atoms with Gasteiger partial charge in [-0.05, 0) is 35.9 Å². The second-order valence-electron chi connectivity index (χ2n) is 5.63. The number of rotatable bonds is 6. The summed E-state index contributed by atoms with van der Waals surface area (Å²) in [5.41, 5.74) is 1.35. The summed E-state index contributed by atoms with van der Waals surface area (Å²) in [6.07, 6.45) is 1.08. The maximum atomic E-state index is 12.5. The van der Waals surface area contributed by atoms with Crippen LogP contribution >= 0.6 is 27.5 Å². The van der Waals surface area contributed by atoms with E-state index in [1.807, 2.05) is 12.1 Å². The molecule has 0 unspecified atom stereocenters. The number of nitrogens with zero attached hydrogens (tertiary/aromatic N) is 2. The van der Waals surface area contributed by atoms with Crippen molar-refractivity contribution in [3.05, 3.63) is 63.6 Å². The van der Waals surface area contributed by atoms with Gasteiger partial charge in [-0.25, -0.2) is 8.42 Å². The zero-order valence-corrected chi connectivity index (χ0v) is 17.0. The number of sulfonamides is 1. The third kappa shape index (κ3) is 5.73. The van der Waals surface area contributed by atoms with Crippen LogP contribution in [0.15, 0.2) is 53.0 Å². The molecule has 0 spiro atoms. The summed E-state index contributed by atoms with van der Waals surface area (Å²) in [6.45, 7) is 0.103. The molecule has 0 fully saturated rings. The molecule has 0 saturated carbocycles. The van der Waals surface area contributed by atoms with E-state index in [1.54, 1.807) is 43.4 Å². The fraction of sp³-hybridized carbons (Fsp3) is 0.235. The van der Waals surface area contributed by atoms with Crippen molar-refractivity contribution >= 4 is 49.1 Å². The van der Waals surface area contributed by atoms with Crippen LogP contribution in [0, 0.1) is 0 Å². The van der Waals surface area contributed by atoms with Gasteiger partial charge in [0.2, 0.25) is 15.9 Å². The Balaban J connectivity index is 2.15. The highest BCUT2D eigenvalue weighted by Crippen LogP contribution is 2.22. The summed E-state index contributed by atoms with van der Waals surface area (Å²) >= 11 is 9.17. The molecule has 0 aliphatic rings. The van der Waals surface area contributed by atoms with E-state index in [9.17, 15) is 13.2 Å². The summed E-state index contributed by atoms with van der Waals surface area (Å²) in [6, 6.07) is 14.0. The smallest absolute Gasteiger partial charge is 0.243 e. The van der Waals surface area contributed by atoms with Gasteiger partial charge in [0.15, 0.2) is 0 Å². The molecular formula is C17H18BrClN2O3S. The molecule has 0 atom stereocenters. The Labute approximate surface area is 161 Å². The van der Waals surface area contributed by atoms with Gasteiger partial charge in [0.05, 0.1) is 11.9 Å². The molecule has 0 saturated heterocycles. The number of likely N-dealkylation sites (N-methyl/N-ethyl adjacent to an activating group) is 1. The highest BCUT2D eigenvalue weighted by atomic mass is 79.9. The predicted octanol–water partition coefficient (Wildman–Crippen LogP) is 3.53. The number of carbonyl (C=O) groups is 1. The van der Waals surface area contributed by atoms with Crippen LogP contribution in [0.5, 0.6) is 0 Å². The second kappa shape index (κ2) is 8.21. The van der Waals surface area contributed by atoms with Crippen molar-refractivity contribution in [3.63, 3.8) is 0 Å². The molecule has 0 aliphatic carbocycles. The second-order valence-corrected chi connectivity index (χ2v) is 8.88. The lowest BCUT2D eigenvalue weighted by Gasteiger charge is -2.25. The molecule has 0 aliphatic heterocycles. The Morgan fingerprint density at radius 3 is 2.36 bits per heavy atom. The number of hydrogen-bond donors (Lipinski definition) is 0. The number of hydrogen-bond acceptors (Lipinski definition) is 3. The maximum Gasteiger partial charge on any atom is 0.243 e. The molecule has 2 aromatic rings. The lowest BCUT2D eigenvalue weighted by atomic mass is 10.2. The molecular weight excluding hydrogens is 428 g/mol. The molecule has 0 radical (unpaired) electrons. The van der Waals surface area contributed by atoms with Crippen molar-refractivity contribution in [1.29, 1.82) is 0 Å². The van der Waals surface area contributed by atoms with Crippen LogP contribution in [-0.2, 0) is 21.4 Å². The molecule has 2 aromatic carbocycles. The SMILES string of the molecule is CN(Cc1ccc(Cl)cc1)C(=O)CN(c1cccc(Br)c1)S(C)(=O)=O. The normalized spacial score (nSPS) is 11.2. The zero-order chi connectivity index (χ0) is 18.6.